The number of hydrogen-bond donors (Lipinski definition) is 3. The van der Waals surface area contributed by atoms with E-state index in [2.05, 4.69) is 5.32 Å². The fraction of sp³-hybridized carbons (Fsp3) is 0.188. The molecule has 0 aromatic heterocycles. The van der Waals surface area contributed by atoms with Gasteiger partial charge in [-0.1, -0.05) is 18.2 Å². The molecule has 0 aliphatic rings. The highest BCUT2D eigenvalue weighted by Crippen LogP contribution is 2.29. The van der Waals surface area contributed by atoms with Crippen molar-refractivity contribution >= 4 is 11.6 Å². The van der Waals surface area contributed by atoms with Gasteiger partial charge in [0.2, 0.25) is 5.91 Å². The number of hydrogen-bond acceptors (Lipinski definition) is 3. The number of anilines is 1. The number of carbonyl (C=O) groups is 1. The zero-order valence-corrected chi connectivity index (χ0v) is 11.9. The lowest BCUT2D eigenvalue weighted by Crippen LogP contribution is -2.14. The molecule has 5 heteroatoms. The Morgan fingerprint density at radius 2 is 2.00 bits per heavy atom. The number of primary amides is 1. The zero-order valence-electron chi connectivity index (χ0n) is 11.9. The average molecular weight is 288 g/mol. The van der Waals surface area contributed by atoms with Crippen LogP contribution in [0.1, 0.15) is 34.5 Å². The van der Waals surface area contributed by atoms with Gasteiger partial charge >= 0.3 is 0 Å². The van der Waals surface area contributed by atoms with Gasteiger partial charge in [-0.3, -0.25) is 4.79 Å². The molecule has 0 heterocycles. The highest BCUT2D eigenvalue weighted by molar-refractivity contribution is 5.94. The number of phenols is 1. The summed E-state index contributed by atoms with van der Waals surface area (Å²) in [5.74, 6) is -1.04. The fourth-order valence-electron chi connectivity index (χ4n) is 2.14. The Balaban J connectivity index is 2.35. The first kappa shape index (κ1) is 14.8. The number of nitrogens with two attached hydrogens (primary N) is 1. The lowest BCUT2D eigenvalue weighted by Gasteiger charge is -2.19. The highest BCUT2D eigenvalue weighted by atomic mass is 19.1. The highest BCUT2D eigenvalue weighted by Gasteiger charge is 2.14. The first-order valence-electron chi connectivity index (χ1n) is 6.54. The van der Waals surface area contributed by atoms with E-state index in [1.807, 2.05) is 6.92 Å². The van der Waals surface area contributed by atoms with Crippen molar-refractivity contribution in [1.29, 1.82) is 0 Å². The molecule has 0 fully saturated rings. The van der Waals surface area contributed by atoms with Crippen LogP contribution in [-0.4, -0.2) is 11.0 Å². The summed E-state index contributed by atoms with van der Waals surface area (Å²) in [6.45, 7) is 3.45. The normalized spacial score (nSPS) is 12.0. The molecular weight excluding hydrogens is 271 g/mol. The van der Waals surface area contributed by atoms with Crippen molar-refractivity contribution in [2.24, 2.45) is 5.73 Å². The molecule has 1 atom stereocenters. The van der Waals surface area contributed by atoms with E-state index in [1.54, 1.807) is 31.2 Å². The molecule has 0 saturated heterocycles. The molecule has 0 bridgehead atoms. The summed E-state index contributed by atoms with van der Waals surface area (Å²) in [5, 5.41) is 12.9. The van der Waals surface area contributed by atoms with E-state index in [0.29, 0.717) is 16.8 Å². The third kappa shape index (κ3) is 3.13. The van der Waals surface area contributed by atoms with Crippen molar-refractivity contribution in [3.8, 4) is 5.75 Å². The van der Waals surface area contributed by atoms with Crippen LogP contribution in [0.3, 0.4) is 0 Å². The molecule has 0 aliphatic heterocycles. The maximum Gasteiger partial charge on any atom is 0.248 e. The minimum atomic E-state index is -0.688. The lowest BCUT2D eigenvalue weighted by atomic mass is 10.0. The second kappa shape index (κ2) is 5.83. The smallest absolute Gasteiger partial charge is 0.248 e. The molecule has 1 amide bonds. The van der Waals surface area contributed by atoms with Crippen LogP contribution in [0.4, 0.5) is 10.1 Å². The predicted octanol–water partition coefficient (Wildman–Crippen LogP) is 3.11. The van der Waals surface area contributed by atoms with Crippen LogP contribution in [0.2, 0.25) is 0 Å². The Morgan fingerprint density at radius 3 is 2.62 bits per heavy atom. The first-order valence-corrected chi connectivity index (χ1v) is 6.54. The standard InChI is InChI=1S/C16H17FN2O2/c1-9-13(17)7-11(16(18)21)8-14(9)19-10(2)12-5-3-4-6-15(12)20/h3-8,10,19-20H,1-2H3,(H2,18,21). The number of para-hydroxylation sites is 1. The summed E-state index contributed by atoms with van der Waals surface area (Å²) in [4.78, 5) is 11.2. The van der Waals surface area contributed by atoms with Gasteiger partial charge in [0.15, 0.2) is 0 Å². The third-order valence-corrected chi connectivity index (χ3v) is 3.40. The van der Waals surface area contributed by atoms with Gasteiger partial charge in [0.1, 0.15) is 11.6 Å². The van der Waals surface area contributed by atoms with E-state index in [1.165, 1.54) is 6.07 Å². The van der Waals surface area contributed by atoms with Crippen molar-refractivity contribution in [3.63, 3.8) is 0 Å². The molecule has 1 unspecified atom stereocenters. The van der Waals surface area contributed by atoms with Gasteiger partial charge in [-0.25, -0.2) is 4.39 Å². The Morgan fingerprint density at radius 1 is 1.33 bits per heavy atom. The third-order valence-electron chi connectivity index (χ3n) is 3.40. The van der Waals surface area contributed by atoms with Gasteiger partial charge < -0.3 is 16.2 Å². The van der Waals surface area contributed by atoms with E-state index in [9.17, 15) is 14.3 Å². The van der Waals surface area contributed by atoms with Crippen LogP contribution in [-0.2, 0) is 0 Å². The van der Waals surface area contributed by atoms with Crippen LogP contribution in [0.5, 0.6) is 5.75 Å². The molecule has 0 radical (unpaired) electrons. The van der Waals surface area contributed by atoms with Gasteiger partial charge in [0, 0.05) is 22.4 Å². The average Bonchev–Trinajstić information content (AvgIpc) is 2.43. The van der Waals surface area contributed by atoms with Gasteiger partial charge in [0.05, 0.1) is 6.04 Å². The Kier molecular flexibility index (Phi) is 4.12. The Labute approximate surface area is 122 Å². The summed E-state index contributed by atoms with van der Waals surface area (Å²) in [6.07, 6.45) is 0. The van der Waals surface area contributed by atoms with Crippen LogP contribution in [0.25, 0.3) is 0 Å². The molecule has 2 aromatic carbocycles. The molecule has 0 aliphatic carbocycles. The van der Waals surface area contributed by atoms with Crippen molar-refractivity contribution < 1.29 is 14.3 Å². The summed E-state index contributed by atoms with van der Waals surface area (Å²) in [7, 11) is 0. The van der Waals surface area contributed by atoms with Crippen LogP contribution in [0, 0.1) is 12.7 Å². The molecule has 2 aromatic rings. The summed E-state index contributed by atoms with van der Waals surface area (Å²) in [5.41, 5.74) is 6.84. The number of halogens is 1. The molecule has 110 valence electrons. The first-order chi connectivity index (χ1) is 9.90. The molecule has 2 rings (SSSR count). The number of benzene rings is 2. The molecule has 4 N–H and O–H groups in total. The van der Waals surface area contributed by atoms with Gasteiger partial charge in [-0.2, -0.15) is 0 Å². The maximum atomic E-state index is 13.8. The number of phenolic OH excluding ortho intramolecular Hbond substituents is 1. The quantitative estimate of drug-likeness (QED) is 0.809. The Bertz CT molecular complexity index is 686. The van der Waals surface area contributed by atoms with Crippen LogP contribution < -0.4 is 11.1 Å². The topological polar surface area (TPSA) is 75.4 Å². The van der Waals surface area contributed by atoms with Crippen molar-refractivity contribution in [2.45, 2.75) is 19.9 Å². The SMILES string of the molecule is Cc1c(F)cc(C(N)=O)cc1NC(C)c1ccccc1O. The number of rotatable bonds is 4. The number of aromatic hydroxyl groups is 1. The van der Waals surface area contributed by atoms with E-state index in [4.69, 9.17) is 5.73 Å². The van der Waals surface area contributed by atoms with Crippen molar-refractivity contribution in [1.82, 2.24) is 0 Å². The van der Waals surface area contributed by atoms with Crippen molar-refractivity contribution in [3.05, 3.63) is 58.9 Å². The lowest BCUT2D eigenvalue weighted by molar-refractivity contribution is 0.1000. The van der Waals surface area contributed by atoms with Gasteiger partial charge in [-0.05, 0) is 32.0 Å². The van der Waals surface area contributed by atoms with E-state index in [-0.39, 0.29) is 17.4 Å². The number of nitrogens with one attached hydrogen (secondary N) is 1. The Hall–Kier alpha value is -2.56. The predicted molar refractivity (Wildman–Crippen MR) is 79.8 cm³/mol. The molecule has 4 nitrogen and oxygen atoms in total. The van der Waals surface area contributed by atoms with Crippen LogP contribution >= 0.6 is 0 Å². The van der Waals surface area contributed by atoms with Crippen LogP contribution in [0.15, 0.2) is 36.4 Å². The largest absolute Gasteiger partial charge is 0.508 e. The number of carbonyl (C=O) groups excluding carboxylic acids is 1. The van der Waals surface area contributed by atoms with E-state index < -0.39 is 11.7 Å². The number of amides is 1. The van der Waals surface area contributed by atoms with Gasteiger partial charge in [-0.15, -0.1) is 0 Å². The second-order valence-electron chi connectivity index (χ2n) is 4.92. The van der Waals surface area contributed by atoms with E-state index in [0.717, 1.165) is 6.07 Å². The summed E-state index contributed by atoms with van der Waals surface area (Å²) < 4.78 is 13.8. The second-order valence-corrected chi connectivity index (χ2v) is 4.92. The minimum absolute atomic E-state index is 0.102. The fourth-order valence-corrected chi connectivity index (χ4v) is 2.14. The summed E-state index contributed by atoms with van der Waals surface area (Å²) in [6, 6.07) is 9.26. The zero-order chi connectivity index (χ0) is 15.6. The molecule has 0 saturated carbocycles. The van der Waals surface area contributed by atoms with Crippen molar-refractivity contribution in [2.75, 3.05) is 5.32 Å². The monoisotopic (exact) mass is 288 g/mol. The van der Waals surface area contributed by atoms with E-state index >= 15 is 0 Å². The minimum Gasteiger partial charge on any atom is -0.508 e. The van der Waals surface area contributed by atoms with Gasteiger partial charge in [0.25, 0.3) is 0 Å². The summed E-state index contributed by atoms with van der Waals surface area (Å²) >= 11 is 0. The molecule has 21 heavy (non-hydrogen) atoms. The maximum absolute atomic E-state index is 13.8. The molecular formula is C16H17FN2O2. The molecule has 0 spiro atoms.